The summed E-state index contributed by atoms with van der Waals surface area (Å²) in [4.78, 5) is 3.85. The second-order valence-electron chi connectivity index (χ2n) is 0.989. The predicted octanol–water partition coefficient (Wildman–Crippen LogP) is -0.385. The molecule has 1 radical (unpaired) electrons. The van der Waals surface area contributed by atoms with Crippen LogP contribution in [-0.2, 0) is 20.1 Å². The first-order valence-electron chi connectivity index (χ1n) is 1.72. The summed E-state index contributed by atoms with van der Waals surface area (Å²) in [6.45, 7) is 1.99. The first-order valence-corrected chi connectivity index (χ1v) is 1.72. The molecule has 0 unspecified atom stereocenters. The van der Waals surface area contributed by atoms with Gasteiger partial charge in [0.15, 0.2) is 0 Å². The van der Waals surface area contributed by atoms with Gasteiger partial charge in [0, 0.05) is 26.7 Å². The van der Waals surface area contributed by atoms with Crippen molar-refractivity contribution in [3.05, 3.63) is 0 Å². The van der Waals surface area contributed by atoms with Gasteiger partial charge in [-0.15, -0.1) is 0 Å². The maximum Gasteiger partial charge on any atom is 0.0825 e. The Labute approximate surface area is 50.4 Å². The summed E-state index contributed by atoms with van der Waals surface area (Å²) in [6, 6.07) is 0. The summed E-state index contributed by atoms with van der Waals surface area (Å²) in [5.41, 5.74) is 0. The van der Waals surface area contributed by atoms with Gasteiger partial charge in [-0.25, -0.2) is 0 Å². The molecule has 0 spiro atoms. The van der Waals surface area contributed by atoms with Crippen molar-refractivity contribution in [2.45, 2.75) is 0 Å². The molecule has 1 heterocycles. The van der Waals surface area contributed by atoms with Crippen molar-refractivity contribution in [1.82, 2.24) is 5.32 Å². The molecule has 1 aliphatic rings. The molecule has 1 aliphatic heterocycles. The van der Waals surface area contributed by atoms with Crippen LogP contribution in [0.1, 0.15) is 0 Å². The van der Waals surface area contributed by atoms with Crippen LogP contribution in [-0.4, -0.2) is 19.4 Å². The molecule has 0 atom stereocenters. The molecule has 0 aromatic heterocycles. The molecule has 0 aromatic carbocycles. The Kier molecular flexibility index (Phi) is 3.38. The summed E-state index contributed by atoms with van der Waals surface area (Å²) in [5.74, 6) is 0. The molecule has 0 bridgehead atoms. The number of nitrogens with zero attached hydrogens (tertiary/aromatic N) is 1. The molecule has 0 aliphatic carbocycles. The molecular formula is C3H6IrN2. The average Bonchev–Trinajstić information content (AvgIpc) is 1.76. The summed E-state index contributed by atoms with van der Waals surface area (Å²) in [6.07, 6.45) is 1.74. The first kappa shape index (κ1) is 6.12. The van der Waals surface area contributed by atoms with Gasteiger partial charge < -0.3 is 5.32 Å². The normalized spacial score (nSPS) is 16.0. The van der Waals surface area contributed by atoms with Gasteiger partial charge in [0.2, 0.25) is 0 Å². The van der Waals surface area contributed by atoms with Crippen molar-refractivity contribution in [2.24, 2.45) is 4.99 Å². The second-order valence-corrected chi connectivity index (χ2v) is 0.989. The van der Waals surface area contributed by atoms with E-state index in [4.69, 9.17) is 0 Å². The number of rotatable bonds is 0. The minimum atomic E-state index is 0. The van der Waals surface area contributed by atoms with Crippen molar-refractivity contribution >= 4 is 6.34 Å². The van der Waals surface area contributed by atoms with E-state index >= 15 is 0 Å². The number of hydrogen-bond acceptors (Lipinski definition) is 2. The third-order valence-corrected chi connectivity index (χ3v) is 0.568. The minimum Gasteiger partial charge on any atom is -0.375 e. The molecular weight excluding hydrogens is 256 g/mol. The maximum atomic E-state index is 3.85. The molecule has 37 valence electrons. The van der Waals surface area contributed by atoms with Crippen molar-refractivity contribution in [2.75, 3.05) is 13.1 Å². The molecule has 2 nitrogen and oxygen atoms in total. The van der Waals surface area contributed by atoms with E-state index in [2.05, 4.69) is 10.3 Å². The van der Waals surface area contributed by atoms with E-state index in [0.717, 1.165) is 13.1 Å². The van der Waals surface area contributed by atoms with E-state index < -0.39 is 0 Å². The van der Waals surface area contributed by atoms with Gasteiger partial charge in [0.1, 0.15) is 0 Å². The van der Waals surface area contributed by atoms with Crippen LogP contribution in [0, 0.1) is 0 Å². The fourth-order valence-corrected chi connectivity index (χ4v) is 0.323. The molecule has 1 N–H and O–H groups in total. The maximum absolute atomic E-state index is 3.85. The smallest absolute Gasteiger partial charge is 0.0825 e. The Morgan fingerprint density at radius 2 is 2.50 bits per heavy atom. The molecule has 0 aromatic rings. The second kappa shape index (κ2) is 3.31. The summed E-state index contributed by atoms with van der Waals surface area (Å²) in [5, 5.41) is 2.93. The van der Waals surface area contributed by atoms with Crippen molar-refractivity contribution < 1.29 is 20.1 Å². The Hall–Kier alpha value is 0.119. The van der Waals surface area contributed by atoms with E-state index in [1.54, 1.807) is 6.34 Å². The van der Waals surface area contributed by atoms with E-state index in [-0.39, 0.29) is 20.1 Å². The van der Waals surface area contributed by atoms with Crippen LogP contribution >= 0.6 is 0 Å². The van der Waals surface area contributed by atoms with Gasteiger partial charge in [0.05, 0.1) is 12.9 Å². The van der Waals surface area contributed by atoms with E-state index in [9.17, 15) is 0 Å². The van der Waals surface area contributed by atoms with Crippen LogP contribution in [0.25, 0.3) is 0 Å². The largest absolute Gasteiger partial charge is 0.375 e. The zero-order valence-corrected chi connectivity index (χ0v) is 5.67. The molecule has 0 saturated heterocycles. The topological polar surface area (TPSA) is 24.4 Å². The summed E-state index contributed by atoms with van der Waals surface area (Å²) >= 11 is 0. The standard InChI is InChI=1S/C3H6N2.Ir/c1-2-5-3-4-1;/h3H,1-2H2,(H,4,5);. The van der Waals surface area contributed by atoms with E-state index in [1.807, 2.05) is 0 Å². The molecule has 0 fully saturated rings. The molecule has 0 saturated carbocycles. The Morgan fingerprint density at radius 1 is 1.67 bits per heavy atom. The van der Waals surface area contributed by atoms with Crippen molar-refractivity contribution in [1.29, 1.82) is 0 Å². The number of aliphatic imine (C=N–C) groups is 1. The van der Waals surface area contributed by atoms with Crippen molar-refractivity contribution in [3.8, 4) is 0 Å². The van der Waals surface area contributed by atoms with Crippen LogP contribution in [0.15, 0.2) is 4.99 Å². The van der Waals surface area contributed by atoms with Crippen LogP contribution in [0.4, 0.5) is 0 Å². The third kappa shape index (κ3) is 1.53. The van der Waals surface area contributed by atoms with E-state index in [1.165, 1.54) is 0 Å². The van der Waals surface area contributed by atoms with Crippen LogP contribution in [0.5, 0.6) is 0 Å². The van der Waals surface area contributed by atoms with Crippen LogP contribution < -0.4 is 5.32 Å². The zero-order chi connectivity index (χ0) is 3.54. The summed E-state index contributed by atoms with van der Waals surface area (Å²) < 4.78 is 0. The van der Waals surface area contributed by atoms with E-state index in [0.29, 0.717) is 0 Å². The van der Waals surface area contributed by atoms with Gasteiger partial charge >= 0.3 is 0 Å². The number of hydrogen-bond donors (Lipinski definition) is 1. The SMILES string of the molecule is C1=NCCN1.[Ir]. The first-order chi connectivity index (χ1) is 2.50. The van der Waals surface area contributed by atoms with Crippen molar-refractivity contribution in [3.63, 3.8) is 0 Å². The van der Waals surface area contributed by atoms with Crippen LogP contribution in [0.2, 0.25) is 0 Å². The molecule has 6 heavy (non-hydrogen) atoms. The molecule has 0 amide bonds. The fourth-order valence-electron chi connectivity index (χ4n) is 0.323. The molecule has 1 rings (SSSR count). The van der Waals surface area contributed by atoms with Crippen LogP contribution in [0.3, 0.4) is 0 Å². The Bertz CT molecular complexity index is 46.8. The average molecular weight is 262 g/mol. The Morgan fingerprint density at radius 3 is 2.67 bits per heavy atom. The molecule has 3 heteroatoms. The quantitative estimate of drug-likeness (QED) is 0.632. The number of nitrogens with one attached hydrogen (secondary N) is 1. The monoisotopic (exact) mass is 263 g/mol. The van der Waals surface area contributed by atoms with Gasteiger partial charge in [-0.1, -0.05) is 0 Å². The minimum absolute atomic E-state index is 0. The third-order valence-electron chi connectivity index (χ3n) is 0.568. The Balaban J connectivity index is 0.000000250. The predicted molar refractivity (Wildman–Crippen MR) is 21.4 cm³/mol. The zero-order valence-electron chi connectivity index (χ0n) is 3.27. The van der Waals surface area contributed by atoms with Gasteiger partial charge in [0.25, 0.3) is 0 Å². The summed E-state index contributed by atoms with van der Waals surface area (Å²) in [7, 11) is 0. The van der Waals surface area contributed by atoms with Gasteiger partial charge in [-0.2, -0.15) is 0 Å². The van der Waals surface area contributed by atoms with Gasteiger partial charge in [-0.3, -0.25) is 4.99 Å². The van der Waals surface area contributed by atoms with Gasteiger partial charge in [-0.05, 0) is 0 Å². The fraction of sp³-hybridized carbons (Fsp3) is 0.667.